The predicted molar refractivity (Wildman–Crippen MR) is 95.7 cm³/mol. The van der Waals surface area contributed by atoms with Gasteiger partial charge in [-0.15, -0.1) is 0 Å². The molecule has 4 nitrogen and oxygen atoms in total. The molecule has 0 heterocycles. The van der Waals surface area contributed by atoms with Crippen LogP contribution < -0.4 is 11.5 Å². The van der Waals surface area contributed by atoms with Crippen LogP contribution in [0.1, 0.15) is 44.7 Å². The van der Waals surface area contributed by atoms with Crippen LogP contribution in [0.4, 0.5) is 0 Å². The lowest BCUT2D eigenvalue weighted by atomic mass is 9.75. The van der Waals surface area contributed by atoms with Gasteiger partial charge in [-0.25, -0.2) is 0 Å². The minimum atomic E-state index is -0.330. The standard InChI is InChI=1S/C19H25N3O/c1-13-8-16(12-19(2,3)11-13)9-14-4-6-15(7-5-14)10-17(23)22-18(20)21/h4-9H,10-12H2,1-3H3,(H4,20,21,22,23)/b16-9-. The van der Waals surface area contributed by atoms with Crippen LogP contribution in [0.25, 0.3) is 6.08 Å². The van der Waals surface area contributed by atoms with E-state index >= 15 is 0 Å². The van der Waals surface area contributed by atoms with Crippen LogP contribution >= 0.6 is 0 Å². The molecule has 0 aliphatic heterocycles. The molecule has 0 spiro atoms. The Morgan fingerprint density at radius 2 is 1.87 bits per heavy atom. The number of carbonyl (C=O) groups is 1. The van der Waals surface area contributed by atoms with Gasteiger partial charge in [0.05, 0.1) is 6.42 Å². The largest absolute Gasteiger partial charge is 0.370 e. The number of rotatable bonds is 3. The number of hydrogen-bond acceptors (Lipinski definition) is 1. The first-order valence-corrected chi connectivity index (χ1v) is 7.83. The molecule has 1 aliphatic rings. The molecule has 23 heavy (non-hydrogen) atoms. The fourth-order valence-corrected chi connectivity index (χ4v) is 3.19. The van der Waals surface area contributed by atoms with E-state index in [4.69, 9.17) is 11.5 Å². The number of nitrogens with zero attached hydrogens (tertiary/aromatic N) is 1. The third-order valence-electron chi connectivity index (χ3n) is 3.81. The van der Waals surface area contributed by atoms with Gasteiger partial charge in [0.25, 0.3) is 5.91 Å². The van der Waals surface area contributed by atoms with Crippen molar-refractivity contribution in [2.45, 2.75) is 40.0 Å². The highest BCUT2D eigenvalue weighted by molar-refractivity contribution is 5.92. The molecule has 2 rings (SSSR count). The van der Waals surface area contributed by atoms with Crippen molar-refractivity contribution >= 4 is 17.9 Å². The Labute approximate surface area is 138 Å². The van der Waals surface area contributed by atoms with Crippen LogP contribution in [0.2, 0.25) is 0 Å². The van der Waals surface area contributed by atoms with Gasteiger partial charge in [-0.2, -0.15) is 4.99 Å². The van der Waals surface area contributed by atoms with Crippen molar-refractivity contribution in [2.24, 2.45) is 21.9 Å². The molecule has 4 heteroatoms. The second-order valence-corrected chi connectivity index (χ2v) is 7.08. The topological polar surface area (TPSA) is 81.5 Å². The molecule has 0 fully saturated rings. The highest BCUT2D eigenvalue weighted by Crippen LogP contribution is 2.38. The number of guanidine groups is 1. The molecule has 0 aromatic heterocycles. The summed E-state index contributed by atoms with van der Waals surface area (Å²) in [5, 5.41) is 0. The lowest BCUT2D eigenvalue weighted by Crippen LogP contribution is -2.24. The zero-order valence-electron chi connectivity index (χ0n) is 14.1. The average Bonchev–Trinajstić information content (AvgIpc) is 2.37. The molecular weight excluding hydrogens is 286 g/mol. The van der Waals surface area contributed by atoms with E-state index in [0.717, 1.165) is 24.0 Å². The molecule has 0 bridgehead atoms. The predicted octanol–water partition coefficient (Wildman–Crippen LogP) is 3.18. The summed E-state index contributed by atoms with van der Waals surface area (Å²) in [6, 6.07) is 7.93. The summed E-state index contributed by atoms with van der Waals surface area (Å²) in [6.45, 7) is 6.79. The van der Waals surface area contributed by atoms with E-state index in [9.17, 15) is 4.79 Å². The average molecular weight is 311 g/mol. The van der Waals surface area contributed by atoms with Crippen molar-refractivity contribution in [3.63, 3.8) is 0 Å². The van der Waals surface area contributed by atoms with Gasteiger partial charge in [0, 0.05) is 0 Å². The van der Waals surface area contributed by atoms with Gasteiger partial charge in [-0.05, 0) is 41.9 Å². The molecule has 122 valence electrons. The van der Waals surface area contributed by atoms with Crippen molar-refractivity contribution in [1.29, 1.82) is 0 Å². The minimum absolute atomic E-state index is 0.196. The van der Waals surface area contributed by atoms with E-state index in [1.54, 1.807) is 0 Å². The van der Waals surface area contributed by atoms with Crippen LogP contribution in [0.5, 0.6) is 0 Å². The lowest BCUT2D eigenvalue weighted by Gasteiger charge is -2.30. The fraction of sp³-hybridized carbons (Fsp3) is 0.368. The second-order valence-electron chi connectivity index (χ2n) is 7.08. The summed E-state index contributed by atoms with van der Waals surface area (Å²) < 4.78 is 0. The fourth-order valence-electron chi connectivity index (χ4n) is 3.19. The lowest BCUT2D eigenvalue weighted by molar-refractivity contribution is -0.117. The van der Waals surface area contributed by atoms with E-state index < -0.39 is 0 Å². The van der Waals surface area contributed by atoms with E-state index in [2.05, 4.69) is 37.9 Å². The maximum absolute atomic E-state index is 11.6. The molecule has 0 radical (unpaired) electrons. The third kappa shape index (κ3) is 5.40. The highest BCUT2D eigenvalue weighted by atomic mass is 16.1. The molecule has 1 aliphatic carbocycles. The number of hydrogen-bond donors (Lipinski definition) is 2. The minimum Gasteiger partial charge on any atom is -0.370 e. The first kappa shape index (κ1) is 17.0. The summed E-state index contributed by atoms with van der Waals surface area (Å²) in [5.74, 6) is -0.526. The first-order chi connectivity index (χ1) is 10.7. The number of aliphatic imine (C=N–C) groups is 1. The summed E-state index contributed by atoms with van der Waals surface area (Å²) in [6.07, 6.45) is 6.93. The Morgan fingerprint density at radius 1 is 1.22 bits per heavy atom. The van der Waals surface area contributed by atoms with Crippen molar-refractivity contribution in [3.05, 3.63) is 52.6 Å². The van der Waals surface area contributed by atoms with Gasteiger partial charge in [-0.1, -0.05) is 55.8 Å². The van der Waals surface area contributed by atoms with E-state index in [1.165, 1.54) is 11.1 Å². The molecule has 0 unspecified atom stereocenters. The summed E-state index contributed by atoms with van der Waals surface area (Å²) in [5.41, 5.74) is 15.5. The van der Waals surface area contributed by atoms with Gasteiger partial charge in [0.2, 0.25) is 0 Å². The van der Waals surface area contributed by atoms with E-state index in [1.807, 2.05) is 24.3 Å². The molecule has 4 N–H and O–H groups in total. The molecule has 0 saturated carbocycles. The van der Waals surface area contributed by atoms with Crippen LogP contribution in [0.3, 0.4) is 0 Å². The molecular formula is C19H25N3O. The SMILES string of the molecule is CC1=C/C(=C/c2ccc(CC(=O)N=C(N)N)cc2)CC(C)(C)C1. The van der Waals surface area contributed by atoms with Crippen LogP contribution in [-0.2, 0) is 11.2 Å². The second kappa shape index (κ2) is 6.82. The van der Waals surface area contributed by atoms with Crippen LogP contribution in [0.15, 0.2) is 46.5 Å². The van der Waals surface area contributed by atoms with Crippen molar-refractivity contribution in [3.8, 4) is 0 Å². The summed E-state index contributed by atoms with van der Waals surface area (Å²) in [7, 11) is 0. The number of benzene rings is 1. The summed E-state index contributed by atoms with van der Waals surface area (Å²) in [4.78, 5) is 15.1. The normalized spacial score (nSPS) is 18.4. The number of amides is 1. The van der Waals surface area contributed by atoms with Crippen molar-refractivity contribution < 1.29 is 4.79 Å². The van der Waals surface area contributed by atoms with Gasteiger partial charge >= 0.3 is 0 Å². The molecule has 1 aromatic carbocycles. The first-order valence-electron chi connectivity index (χ1n) is 7.83. The van der Waals surface area contributed by atoms with Gasteiger partial charge < -0.3 is 11.5 Å². The third-order valence-corrected chi connectivity index (χ3v) is 3.81. The monoisotopic (exact) mass is 311 g/mol. The zero-order chi connectivity index (χ0) is 17.0. The van der Waals surface area contributed by atoms with Crippen LogP contribution in [-0.4, -0.2) is 11.9 Å². The Hall–Kier alpha value is -2.36. The Balaban J connectivity index is 2.11. The molecule has 1 amide bonds. The molecule has 0 saturated heterocycles. The highest BCUT2D eigenvalue weighted by Gasteiger charge is 2.23. The van der Waals surface area contributed by atoms with Gasteiger partial charge in [0.15, 0.2) is 5.96 Å². The van der Waals surface area contributed by atoms with Crippen molar-refractivity contribution in [2.75, 3.05) is 0 Å². The number of nitrogens with two attached hydrogens (primary N) is 2. The zero-order valence-corrected chi connectivity index (χ0v) is 14.1. The summed E-state index contributed by atoms with van der Waals surface area (Å²) >= 11 is 0. The van der Waals surface area contributed by atoms with Gasteiger partial charge in [-0.3, -0.25) is 4.79 Å². The molecule has 0 atom stereocenters. The van der Waals surface area contributed by atoms with E-state index in [-0.39, 0.29) is 18.3 Å². The number of carbonyl (C=O) groups excluding carboxylic acids is 1. The smallest absolute Gasteiger partial charge is 0.253 e. The van der Waals surface area contributed by atoms with Crippen molar-refractivity contribution in [1.82, 2.24) is 0 Å². The quantitative estimate of drug-likeness (QED) is 0.664. The maximum atomic E-state index is 11.6. The number of allylic oxidation sites excluding steroid dienone is 3. The van der Waals surface area contributed by atoms with E-state index in [0.29, 0.717) is 5.41 Å². The van der Waals surface area contributed by atoms with Gasteiger partial charge in [0.1, 0.15) is 0 Å². The Morgan fingerprint density at radius 3 is 2.43 bits per heavy atom. The maximum Gasteiger partial charge on any atom is 0.253 e. The Bertz CT molecular complexity index is 675. The molecule has 1 aromatic rings. The Kier molecular flexibility index (Phi) is 5.04. The van der Waals surface area contributed by atoms with Crippen LogP contribution in [0, 0.1) is 5.41 Å².